The van der Waals surface area contributed by atoms with E-state index < -0.39 is 9.84 Å². The Labute approximate surface area is 181 Å². The Balaban J connectivity index is 1.74. The van der Waals surface area contributed by atoms with Crippen molar-refractivity contribution in [2.75, 3.05) is 11.6 Å². The van der Waals surface area contributed by atoms with E-state index in [-0.39, 0.29) is 16.6 Å². The van der Waals surface area contributed by atoms with Gasteiger partial charge in [-0.3, -0.25) is 0 Å². The fraction of sp³-hybridized carbons (Fsp3) is 0.125. The number of fused-ring (bicyclic) bond motifs is 1. The largest absolute Gasteiger partial charge is 0.376 e. The molecule has 0 aliphatic rings. The molecule has 0 saturated carbocycles. The molecule has 7 heteroatoms. The summed E-state index contributed by atoms with van der Waals surface area (Å²) in [5, 5.41) is 22.1. The molecule has 0 aliphatic heterocycles. The SMILES string of the molecule is CC(Nc1c(C#N)nnc2cc(-c3ccc(S(C)(=O)=O)cc3)ccc12)c1ccccc1. The third-order valence-corrected chi connectivity index (χ3v) is 6.27. The number of hydrogen-bond acceptors (Lipinski definition) is 6. The molecule has 0 bridgehead atoms. The Morgan fingerprint density at radius 3 is 2.26 bits per heavy atom. The molecule has 0 aliphatic carbocycles. The fourth-order valence-corrected chi connectivity index (χ4v) is 4.08. The highest BCUT2D eigenvalue weighted by molar-refractivity contribution is 7.90. The van der Waals surface area contributed by atoms with E-state index in [1.54, 1.807) is 24.3 Å². The highest BCUT2D eigenvalue weighted by Gasteiger charge is 2.15. The van der Waals surface area contributed by atoms with Crippen LogP contribution in [0.25, 0.3) is 22.0 Å². The van der Waals surface area contributed by atoms with Gasteiger partial charge in [-0.1, -0.05) is 48.5 Å². The molecule has 154 valence electrons. The average Bonchev–Trinajstić information content (AvgIpc) is 2.79. The number of sulfone groups is 1. The molecule has 1 aromatic heterocycles. The lowest BCUT2D eigenvalue weighted by atomic mass is 10.0. The maximum Gasteiger partial charge on any atom is 0.186 e. The second-order valence-electron chi connectivity index (χ2n) is 7.34. The number of aromatic nitrogens is 2. The van der Waals surface area contributed by atoms with Crippen LogP contribution in [0.5, 0.6) is 0 Å². The van der Waals surface area contributed by atoms with Crippen molar-refractivity contribution in [1.29, 1.82) is 5.26 Å². The van der Waals surface area contributed by atoms with E-state index in [0.717, 1.165) is 22.1 Å². The van der Waals surface area contributed by atoms with Gasteiger partial charge in [0.2, 0.25) is 0 Å². The summed E-state index contributed by atoms with van der Waals surface area (Å²) in [5.74, 6) is 0. The van der Waals surface area contributed by atoms with Crippen LogP contribution in [0, 0.1) is 11.3 Å². The summed E-state index contributed by atoms with van der Waals surface area (Å²) in [6, 6.07) is 24.5. The van der Waals surface area contributed by atoms with Crippen molar-refractivity contribution in [2.45, 2.75) is 17.9 Å². The van der Waals surface area contributed by atoms with Crippen LogP contribution in [-0.2, 0) is 9.84 Å². The summed E-state index contributed by atoms with van der Waals surface area (Å²) in [6.07, 6.45) is 1.19. The van der Waals surface area contributed by atoms with Gasteiger partial charge in [-0.05, 0) is 47.9 Å². The Morgan fingerprint density at radius 2 is 1.61 bits per heavy atom. The zero-order valence-electron chi connectivity index (χ0n) is 17.1. The molecule has 6 nitrogen and oxygen atoms in total. The van der Waals surface area contributed by atoms with Gasteiger partial charge in [-0.15, -0.1) is 10.2 Å². The van der Waals surface area contributed by atoms with Crippen LogP contribution in [0.2, 0.25) is 0 Å². The van der Waals surface area contributed by atoms with Crippen molar-refractivity contribution in [3.63, 3.8) is 0 Å². The predicted molar refractivity (Wildman–Crippen MR) is 121 cm³/mol. The number of nitrogens with zero attached hydrogens (tertiary/aromatic N) is 3. The molecule has 1 N–H and O–H groups in total. The summed E-state index contributed by atoms with van der Waals surface area (Å²) < 4.78 is 23.4. The van der Waals surface area contributed by atoms with Gasteiger partial charge in [0.05, 0.1) is 16.1 Å². The normalized spacial score (nSPS) is 12.3. The molecule has 4 rings (SSSR count). The minimum atomic E-state index is -3.25. The number of rotatable bonds is 5. The Bertz CT molecular complexity index is 1390. The average molecular weight is 429 g/mol. The van der Waals surface area contributed by atoms with Gasteiger partial charge in [0, 0.05) is 17.7 Å². The monoisotopic (exact) mass is 428 g/mol. The van der Waals surface area contributed by atoms with Crippen LogP contribution in [0.4, 0.5) is 5.69 Å². The smallest absolute Gasteiger partial charge is 0.186 e. The van der Waals surface area contributed by atoms with Crippen LogP contribution in [0.1, 0.15) is 24.2 Å². The zero-order chi connectivity index (χ0) is 22.0. The van der Waals surface area contributed by atoms with Gasteiger partial charge >= 0.3 is 0 Å². The molecule has 0 fully saturated rings. The lowest BCUT2D eigenvalue weighted by Gasteiger charge is -2.18. The van der Waals surface area contributed by atoms with Crippen LogP contribution >= 0.6 is 0 Å². The molecule has 1 heterocycles. The van der Waals surface area contributed by atoms with Gasteiger partial charge in [-0.2, -0.15) is 5.26 Å². The summed E-state index contributed by atoms with van der Waals surface area (Å²) in [6.45, 7) is 2.03. The standard InChI is InChI=1S/C24H20N4O2S/c1-16(17-6-4-3-5-7-17)26-24-21-13-10-19(14-22(21)27-28-23(24)15-25)18-8-11-20(12-9-18)31(2,29)30/h3-14,16H,1-2H3,(H,26,27). The number of hydrogen-bond donors (Lipinski definition) is 1. The van der Waals surface area contributed by atoms with Crippen molar-refractivity contribution in [1.82, 2.24) is 10.2 Å². The van der Waals surface area contributed by atoms with Crippen molar-refractivity contribution < 1.29 is 8.42 Å². The summed E-state index contributed by atoms with van der Waals surface area (Å²) in [5.41, 5.74) is 4.37. The number of nitrogens with one attached hydrogen (secondary N) is 1. The molecule has 31 heavy (non-hydrogen) atoms. The van der Waals surface area contributed by atoms with Gasteiger partial charge in [0.15, 0.2) is 15.5 Å². The molecule has 1 atom stereocenters. The molecule has 0 spiro atoms. The Hall–Kier alpha value is -3.76. The summed E-state index contributed by atoms with van der Waals surface area (Å²) >= 11 is 0. The minimum Gasteiger partial charge on any atom is -0.376 e. The van der Waals surface area contributed by atoms with E-state index >= 15 is 0 Å². The van der Waals surface area contributed by atoms with Crippen molar-refractivity contribution >= 4 is 26.4 Å². The molecule has 0 saturated heterocycles. The van der Waals surface area contributed by atoms with Crippen molar-refractivity contribution in [3.8, 4) is 17.2 Å². The first kappa shape index (κ1) is 20.5. The lowest BCUT2D eigenvalue weighted by molar-refractivity contribution is 0.602. The summed E-state index contributed by atoms with van der Waals surface area (Å²) in [7, 11) is -3.25. The zero-order valence-corrected chi connectivity index (χ0v) is 17.9. The lowest BCUT2D eigenvalue weighted by Crippen LogP contribution is -2.09. The second-order valence-corrected chi connectivity index (χ2v) is 9.36. The molecular weight excluding hydrogens is 408 g/mol. The topological polar surface area (TPSA) is 95.7 Å². The molecule has 0 amide bonds. The van der Waals surface area contributed by atoms with E-state index in [9.17, 15) is 13.7 Å². The summed E-state index contributed by atoms with van der Waals surface area (Å²) in [4.78, 5) is 0.275. The first-order valence-electron chi connectivity index (χ1n) is 9.69. The van der Waals surface area contributed by atoms with Gasteiger partial charge < -0.3 is 5.32 Å². The number of nitriles is 1. The quantitative estimate of drug-likeness (QED) is 0.493. The van der Waals surface area contributed by atoms with Crippen LogP contribution in [0.3, 0.4) is 0 Å². The Morgan fingerprint density at radius 1 is 0.935 bits per heavy atom. The van der Waals surface area contributed by atoms with Crippen molar-refractivity contribution in [2.24, 2.45) is 0 Å². The van der Waals surface area contributed by atoms with Crippen LogP contribution in [-0.4, -0.2) is 24.9 Å². The maximum atomic E-state index is 11.7. The third-order valence-electron chi connectivity index (χ3n) is 5.14. The molecular formula is C24H20N4O2S. The first-order valence-corrected chi connectivity index (χ1v) is 11.6. The highest BCUT2D eigenvalue weighted by Crippen LogP contribution is 2.31. The molecule has 4 aromatic rings. The van der Waals surface area contributed by atoms with Gasteiger partial charge in [0.25, 0.3) is 0 Å². The predicted octanol–water partition coefficient (Wildman–Crippen LogP) is 4.75. The first-order chi connectivity index (χ1) is 14.9. The van der Waals surface area contributed by atoms with E-state index in [0.29, 0.717) is 11.2 Å². The number of anilines is 1. The van der Waals surface area contributed by atoms with E-state index in [2.05, 4.69) is 21.6 Å². The van der Waals surface area contributed by atoms with Crippen LogP contribution < -0.4 is 5.32 Å². The molecule has 3 aromatic carbocycles. The van der Waals surface area contributed by atoms with Crippen LogP contribution in [0.15, 0.2) is 77.7 Å². The van der Waals surface area contributed by atoms with E-state index in [4.69, 9.17) is 0 Å². The highest BCUT2D eigenvalue weighted by atomic mass is 32.2. The molecule has 0 radical (unpaired) electrons. The van der Waals surface area contributed by atoms with Crippen molar-refractivity contribution in [3.05, 3.63) is 84.1 Å². The Kier molecular flexibility index (Phi) is 5.40. The minimum absolute atomic E-state index is 0.0242. The number of benzene rings is 3. The van der Waals surface area contributed by atoms with E-state index in [1.807, 2.05) is 55.5 Å². The van der Waals surface area contributed by atoms with E-state index in [1.165, 1.54) is 6.26 Å². The maximum absolute atomic E-state index is 11.7. The molecule has 1 unspecified atom stereocenters. The third kappa shape index (κ3) is 4.25. The fourth-order valence-electron chi connectivity index (χ4n) is 3.45. The second kappa shape index (κ2) is 8.17. The van der Waals surface area contributed by atoms with Gasteiger partial charge in [-0.25, -0.2) is 8.42 Å². The van der Waals surface area contributed by atoms with Gasteiger partial charge in [0.1, 0.15) is 6.07 Å².